The Morgan fingerprint density at radius 2 is 2.04 bits per heavy atom. The highest BCUT2D eigenvalue weighted by atomic mass is 16.4. The minimum Gasteiger partial charge on any atom is -0.420 e. The summed E-state index contributed by atoms with van der Waals surface area (Å²) in [6.45, 7) is 5.11. The number of benzene rings is 1. The highest BCUT2D eigenvalue weighted by Crippen LogP contribution is 2.29. The lowest BCUT2D eigenvalue weighted by molar-refractivity contribution is 0.320. The van der Waals surface area contributed by atoms with Gasteiger partial charge in [-0.3, -0.25) is 9.88 Å². The predicted molar refractivity (Wildman–Crippen MR) is 91.3 cm³/mol. The van der Waals surface area contributed by atoms with Crippen molar-refractivity contribution in [3.63, 3.8) is 0 Å². The van der Waals surface area contributed by atoms with Gasteiger partial charge in [-0.1, -0.05) is 29.8 Å². The summed E-state index contributed by atoms with van der Waals surface area (Å²) in [5.41, 5.74) is 3.51. The van der Waals surface area contributed by atoms with Gasteiger partial charge in [-0.05, 0) is 37.6 Å². The Morgan fingerprint density at radius 3 is 2.83 bits per heavy atom. The molecule has 0 radical (unpaired) electrons. The predicted octanol–water partition coefficient (Wildman–Crippen LogP) is 3.43. The van der Waals surface area contributed by atoms with Crippen molar-refractivity contribution in [3.05, 3.63) is 65.8 Å². The van der Waals surface area contributed by atoms with Crippen LogP contribution in [0.25, 0.3) is 11.5 Å². The normalized spacial score (nSPS) is 18.1. The molecular formula is C19H20N4O. The van der Waals surface area contributed by atoms with Gasteiger partial charge < -0.3 is 4.42 Å². The Bertz CT molecular complexity index is 798. The first kappa shape index (κ1) is 15.0. The molecule has 3 heterocycles. The molecule has 4 rings (SSSR count). The number of likely N-dealkylation sites (tertiary alicyclic amines) is 1. The minimum atomic E-state index is 0.313. The SMILES string of the molecule is Cc1ccc(CN2CC[C@H](c3nnc(-c4cccnc4)o3)C2)cc1. The number of hydrogen-bond acceptors (Lipinski definition) is 5. The van der Waals surface area contributed by atoms with Gasteiger partial charge in [0.25, 0.3) is 0 Å². The van der Waals surface area contributed by atoms with E-state index in [4.69, 9.17) is 4.42 Å². The zero-order valence-corrected chi connectivity index (χ0v) is 13.7. The van der Waals surface area contributed by atoms with Crippen LogP contribution in [0.2, 0.25) is 0 Å². The van der Waals surface area contributed by atoms with Gasteiger partial charge in [-0.2, -0.15) is 0 Å². The van der Waals surface area contributed by atoms with E-state index in [-0.39, 0.29) is 0 Å². The fourth-order valence-corrected chi connectivity index (χ4v) is 3.13. The number of aryl methyl sites for hydroxylation is 1. The molecule has 3 aromatic rings. The van der Waals surface area contributed by atoms with E-state index in [1.54, 1.807) is 12.4 Å². The molecule has 0 aliphatic carbocycles. The molecule has 122 valence electrons. The van der Waals surface area contributed by atoms with Crippen LogP contribution in [-0.2, 0) is 6.54 Å². The average Bonchev–Trinajstić information content (AvgIpc) is 3.27. The van der Waals surface area contributed by atoms with Crippen molar-refractivity contribution < 1.29 is 4.42 Å². The summed E-state index contributed by atoms with van der Waals surface area (Å²) in [4.78, 5) is 6.54. The lowest BCUT2D eigenvalue weighted by atomic mass is 10.1. The van der Waals surface area contributed by atoms with Crippen molar-refractivity contribution in [1.82, 2.24) is 20.1 Å². The summed E-state index contributed by atoms with van der Waals surface area (Å²) < 4.78 is 5.88. The summed E-state index contributed by atoms with van der Waals surface area (Å²) in [5, 5.41) is 8.43. The highest BCUT2D eigenvalue weighted by molar-refractivity contribution is 5.50. The Morgan fingerprint density at radius 1 is 1.17 bits per heavy atom. The van der Waals surface area contributed by atoms with Crippen LogP contribution in [0.5, 0.6) is 0 Å². The summed E-state index contributed by atoms with van der Waals surface area (Å²) in [5.74, 6) is 1.60. The third kappa shape index (κ3) is 3.21. The number of hydrogen-bond donors (Lipinski definition) is 0. The Hall–Kier alpha value is -2.53. The lowest BCUT2D eigenvalue weighted by Crippen LogP contribution is -2.19. The number of pyridine rings is 1. The largest absolute Gasteiger partial charge is 0.420 e. The molecule has 1 aromatic carbocycles. The van der Waals surface area contributed by atoms with Gasteiger partial charge in [-0.15, -0.1) is 10.2 Å². The van der Waals surface area contributed by atoms with Gasteiger partial charge >= 0.3 is 0 Å². The second kappa shape index (κ2) is 6.53. The Balaban J connectivity index is 1.42. The highest BCUT2D eigenvalue weighted by Gasteiger charge is 2.28. The quantitative estimate of drug-likeness (QED) is 0.737. The van der Waals surface area contributed by atoms with Crippen molar-refractivity contribution in [2.45, 2.75) is 25.8 Å². The van der Waals surface area contributed by atoms with Crippen LogP contribution in [0.1, 0.15) is 29.4 Å². The maximum atomic E-state index is 5.88. The molecule has 0 amide bonds. The van der Waals surface area contributed by atoms with Crippen LogP contribution in [0, 0.1) is 6.92 Å². The Labute approximate surface area is 141 Å². The molecule has 5 heteroatoms. The second-order valence-electron chi connectivity index (χ2n) is 6.39. The Kier molecular flexibility index (Phi) is 4.09. The topological polar surface area (TPSA) is 55.1 Å². The summed E-state index contributed by atoms with van der Waals surface area (Å²) in [7, 11) is 0. The van der Waals surface area contributed by atoms with E-state index >= 15 is 0 Å². The molecule has 0 unspecified atom stereocenters. The first-order valence-electron chi connectivity index (χ1n) is 8.29. The molecule has 1 aliphatic rings. The average molecular weight is 320 g/mol. The standard InChI is InChI=1S/C19H20N4O/c1-14-4-6-15(7-5-14)12-23-10-8-17(13-23)19-22-21-18(24-19)16-3-2-9-20-11-16/h2-7,9,11,17H,8,10,12-13H2,1H3/t17-/m0/s1. The van der Waals surface area contributed by atoms with Crippen molar-refractivity contribution in [2.24, 2.45) is 0 Å². The van der Waals surface area contributed by atoms with Crippen LogP contribution in [0.15, 0.2) is 53.2 Å². The molecule has 2 aromatic heterocycles. The van der Waals surface area contributed by atoms with E-state index in [0.717, 1.165) is 37.5 Å². The van der Waals surface area contributed by atoms with Crippen LogP contribution >= 0.6 is 0 Å². The van der Waals surface area contributed by atoms with E-state index in [2.05, 4.69) is 51.3 Å². The molecule has 1 aliphatic heterocycles. The van der Waals surface area contributed by atoms with E-state index in [1.165, 1.54) is 11.1 Å². The smallest absolute Gasteiger partial charge is 0.249 e. The van der Waals surface area contributed by atoms with Crippen molar-refractivity contribution in [3.8, 4) is 11.5 Å². The lowest BCUT2D eigenvalue weighted by Gasteiger charge is -2.15. The first-order valence-corrected chi connectivity index (χ1v) is 8.29. The third-order valence-corrected chi connectivity index (χ3v) is 4.50. The molecule has 1 saturated heterocycles. The van der Waals surface area contributed by atoms with Gasteiger partial charge in [0.05, 0.1) is 11.5 Å². The van der Waals surface area contributed by atoms with E-state index < -0.39 is 0 Å². The zero-order valence-electron chi connectivity index (χ0n) is 13.7. The molecule has 0 saturated carbocycles. The van der Waals surface area contributed by atoms with Crippen LogP contribution in [0.3, 0.4) is 0 Å². The van der Waals surface area contributed by atoms with Gasteiger partial charge in [0, 0.05) is 25.5 Å². The van der Waals surface area contributed by atoms with Crippen LogP contribution in [0.4, 0.5) is 0 Å². The number of rotatable bonds is 4. The maximum Gasteiger partial charge on any atom is 0.249 e. The maximum absolute atomic E-state index is 5.88. The fourth-order valence-electron chi connectivity index (χ4n) is 3.13. The molecular weight excluding hydrogens is 300 g/mol. The van der Waals surface area contributed by atoms with Gasteiger partial charge in [0.15, 0.2) is 0 Å². The van der Waals surface area contributed by atoms with Crippen molar-refractivity contribution in [2.75, 3.05) is 13.1 Å². The van der Waals surface area contributed by atoms with Crippen molar-refractivity contribution >= 4 is 0 Å². The molecule has 0 N–H and O–H groups in total. The molecule has 0 bridgehead atoms. The van der Waals surface area contributed by atoms with E-state index in [1.807, 2.05) is 12.1 Å². The van der Waals surface area contributed by atoms with Crippen LogP contribution < -0.4 is 0 Å². The molecule has 24 heavy (non-hydrogen) atoms. The van der Waals surface area contributed by atoms with Crippen LogP contribution in [-0.4, -0.2) is 33.2 Å². The number of nitrogens with zero attached hydrogens (tertiary/aromatic N) is 4. The second-order valence-corrected chi connectivity index (χ2v) is 6.39. The fraction of sp³-hybridized carbons (Fsp3) is 0.316. The summed E-state index contributed by atoms with van der Waals surface area (Å²) >= 11 is 0. The molecule has 0 spiro atoms. The van der Waals surface area contributed by atoms with Gasteiger partial charge in [0.1, 0.15) is 0 Å². The number of aromatic nitrogens is 3. The van der Waals surface area contributed by atoms with Crippen molar-refractivity contribution in [1.29, 1.82) is 0 Å². The van der Waals surface area contributed by atoms with Gasteiger partial charge in [-0.25, -0.2) is 0 Å². The first-order chi connectivity index (χ1) is 11.8. The monoisotopic (exact) mass is 320 g/mol. The minimum absolute atomic E-state index is 0.313. The molecule has 1 fully saturated rings. The van der Waals surface area contributed by atoms with E-state index in [9.17, 15) is 0 Å². The molecule has 5 nitrogen and oxygen atoms in total. The summed E-state index contributed by atoms with van der Waals surface area (Å²) in [6.07, 6.45) is 4.54. The third-order valence-electron chi connectivity index (χ3n) is 4.50. The summed E-state index contributed by atoms with van der Waals surface area (Å²) in [6, 6.07) is 12.6. The van der Waals surface area contributed by atoms with Gasteiger partial charge in [0.2, 0.25) is 11.8 Å². The zero-order chi connectivity index (χ0) is 16.4. The van der Waals surface area contributed by atoms with E-state index in [0.29, 0.717) is 11.8 Å². The molecule has 1 atom stereocenters.